The second-order valence-corrected chi connectivity index (χ2v) is 31.0. The van der Waals surface area contributed by atoms with Gasteiger partial charge in [-0.25, -0.2) is 13.6 Å². The smallest absolute Gasteiger partial charge is 0.410 e. The summed E-state index contributed by atoms with van der Waals surface area (Å²) in [6.45, 7) is 23.7. The molecule has 18 nitrogen and oxygen atoms in total. The number of aromatic nitrogens is 6. The van der Waals surface area contributed by atoms with Crippen molar-refractivity contribution in [3.8, 4) is 0 Å². The zero-order chi connectivity index (χ0) is 68.5. The average Bonchev–Trinajstić information content (AvgIpc) is 1.66. The van der Waals surface area contributed by atoms with Crippen molar-refractivity contribution in [3.63, 3.8) is 0 Å². The van der Waals surface area contributed by atoms with E-state index in [0.29, 0.717) is 79.6 Å². The third kappa shape index (κ3) is 14.7. The lowest BCUT2D eigenvalue weighted by molar-refractivity contribution is 0.0106. The van der Waals surface area contributed by atoms with Crippen LogP contribution in [0.2, 0.25) is 0 Å². The number of nitrogens with one attached hydrogen (secondary N) is 1. The van der Waals surface area contributed by atoms with E-state index in [9.17, 15) is 14.4 Å². The molecule has 2 aromatic carbocycles. The molecule has 8 aromatic rings. The maximum absolute atomic E-state index is 16.3. The van der Waals surface area contributed by atoms with Crippen LogP contribution in [0, 0.1) is 39.3 Å². The first-order chi connectivity index (χ1) is 47.7. The molecule has 8 fully saturated rings. The third-order valence-corrected chi connectivity index (χ3v) is 22.0. The summed E-state index contributed by atoms with van der Waals surface area (Å²) in [6.07, 6.45) is 23.9. The van der Waals surface area contributed by atoms with E-state index >= 15 is 8.78 Å². The predicted molar refractivity (Wildman–Crippen MR) is 387 cm³/mol. The van der Waals surface area contributed by atoms with Crippen molar-refractivity contribution < 1.29 is 18.3 Å². The number of pyridine rings is 6. The maximum atomic E-state index is 16.3. The number of ether oxygens (including phenoxy) is 1. The van der Waals surface area contributed by atoms with Gasteiger partial charge >= 0.3 is 6.09 Å². The minimum atomic E-state index is -0.578. The normalized spacial score (nSPS) is 20.5. The number of hydrogen-bond acceptors (Lipinski definition) is 15. The van der Waals surface area contributed by atoms with Crippen LogP contribution >= 0.6 is 0 Å². The van der Waals surface area contributed by atoms with Gasteiger partial charge in [0.05, 0.1) is 51.7 Å². The van der Waals surface area contributed by atoms with Gasteiger partial charge in [-0.05, 0) is 209 Å². The molecule has 4 aliphatic carbocycles. The highest BCUT2D eigenvalue weighted by atomic mass is 19.1. The van der Waals surface area contributed by atoms with Crippen molar-refractivity contribution in [2.75, 3.05) is 85.0 Å². The van der Waals surface area contributed by atoms with E-state index in [1.165, 1.54) is 17.7 Å². The number of hydrogen-bond donors (Lipinski definition) is 1. The lowest BCUT2D eigenvalue weighted by Gasteiger charge is -2.43. The fourth-order valence-electron chi connectivity index (χ4n) is 16.1. The molecule has 1 N–H and O–H groups in total. The van der Waals surface area contributed by atoms with Crippen molar-refractivity contribution in [3.05, 3.63) is 187 Å². The molecule has 520 valence electrons. The number of benzene rings is 2. The SMILES string of the molecule is Cc1ccc(N2CCC[C@H](N(Cc3ccnc(C)c3)Cc3cn(C4CC4)c4cc(N5CCN(C(=O)OC(C)(C)C)C6(CC6)C5)c(F)cc4c3=O)C2)cn1.Cc1ccc(N2CCC[C@H](N(Cc3ccnc(C)c3)Cc3cn(C4CC4)c4cc(N5CCNC6(CC6)C5)c(F)cc4c3=O)C2)cn1. The highest BCUT2D eigenvalue weighted by Gasteiger charge is 2.55. The Kier molecular flexibility index (Phi) is 18.1. The van der Waals surface area contributed by atoms with Crippen molar-refractivity contribution >= 4 is 50.6 Å². The summed E-state index contributed by atoms with van der Waals surface area (Å²) in [7, 11) is 0. The first-order valence-electron chi connectivity index (χ1n) is 36.4. The molecule has 6 aromatic heterocycles. The number of carbonyl (C=O) groups is 1. The number of amides is 1. The third-order valence-electron chi connectivity index (χ3n) is 22.0. The molecular weight excluding hydrogens is 1250 g/mol. The molecular formula is C79H96F2N14O4. The molecule has 99 heavy (non-hydrogen) atoms. The molecule has 2 spiro atoms. The van der Waals surface area contributed by atoms with Crippen LogP contribution in [0.25, 0.3) is 21.8 Å². The van der Waals surface area contributed by atoms with Crippen LogP contribution in [0.4, 0.5) is 36.3 Å². The zero-order valence-corrected chi connectivity index (χ0v) is 58.8. The van der Waals surface area contributed by atoms with Gasteiger partial charge in [-0.3, -0.25) is 44.2 Å². The zero-order valence-electron chi connectivity index (χ0n) is 58.8. The van der Waals surface area contributed by atoms with Gasteiger partial charge in [0.2, 0.25) is 0 Å². The average molecular weight is 1340 g/mol. The number of piperidine rings is 2. The van der Waals surface area contributed by atoms with Crippen molar-refractivity contribution in [1.29, 1.82) is 0 Å². The Bertz CT molecular complexity index is 4440. The Morgan fingerprint density at radius 3 is 1.49 bits per heavy atom. The molecule has 0 bridgehead atoms. The van der Waals surface area contributed by atoms with Gasteiger partial charge in [-0.1, -0.05) is 0 Å². The summed E-state index contributed by atoms with van der Waals surface area (Å²) in [5.41, 5.74) is 11.8. The Hall–Kier alpha value is -8.33. The molecule has 0 unspecified atom stereocenters. The first kappa shape index (κ1) is 66.5. The van der Waals surface area contributed by atoms with Gasteiger partial charge < -0.3 is 38.8 Å². The summed E-state index contributed by atoms with van der Waals surface area (Å²) in [5.74, 6) is -0.685. The van der Waals surface area contributed by atoms with Gasteiger partial charge in [-0.2, -0.15) is 0 Å². The topological polar surface area (TPSA) is 157 Å². The summed E-state index contributed by atoms with van der Waals surface area (Å²) in [6, 6.07) is 24.8. The van der Waals surface area contributed by atoms with Crippen LogP contribution in [0.15, 0.2) is 120 Å². The molecule has 20 heteroatoms. The number of nitrogens with zero attached hydrogens (tertiary/aromatic N) is 13. The summed E-state index contributed by atoms with van der Waals surface area (Å²) in [5, 5.41) is 4.56. The Labute approximate surface area is 580 Å². The number of rotatable bonds is 16. The Balaban J connectivity index is 0.000000163. The lowest BCUT2D eigenvalue weighted by atomic mass is 10.0. The highest BCUT2D eigenvalue weighted by Crippen LogP contribution is 2.47. The van der Waals surface area contributed by atoms with E-state index in [0.717, 1.165) is 179 Å². The predicted octanol–water partition coefficient (Wildman–Crippen LogP) is 12.6. The molecule has 8 aliphatic rings. The Morgan fingerprint density at radius 2 is 1.06 bits per heavy atom. The van der Waals surface area contributed by atoms with Gasteiger partial charge in [0.15, 0.2) is 10.9 Å². The summed E-state index contributed by atoms with van der Waals surface area (Å²) in [4.78, 5) is 75.6. The van der Waals surface area contributed by atoms with E-state index in [4.69, 9.17) is 4.74 Å². The van der Waals surface area contributed by atoms with Crippen molar-refractivity contribution in [2.24, 2.45) is 0 Å². The highest BCUT2D eigenvalue weighted by molar-refractivity contribution is 5.85. The lowest BCUT2D eigenvalue weighted by Crippen LogP contribution is -2.58. The van der Waals surface area contributed by atoms with Crippen LogP contribution in [0.1, 0.15) is 155 Å². The minimum absolute atomic E-state index is 0.0531. The van der Waals surface area contributed by atoms with Gasteiger partial charge in [0.25, 0.3) is 0 Å². The standard InChI is InChI=1S/C42H52FN7O3.C37H44FN7O/c1-28-8-9-33(22-45-28)46-16-6-7-34(26-46)48(23-30-12-15-44-29(2)19-30)24-31-25-49(32-10-11-32)37-21-38(36(43)20-35(37)39(31)51)47-17-18-50(42(27-47)13-14-42)40(52)53-41(3,4)5;1-25-5-6-30(19-40-25)42-14-3-4-31(23-42)44(20-27-9-12-39-26(2)16-27)21-28-22-45(29-7-8-29)34-18-35(33(38)17-32(34)36(28)46)43-15-13-41-37(24-43)10-11-37/h8-9,12,15,19-22,25,32,34H,6-7,10-11,13-14,16-18,23-24,26-27H2,1-5H3;5-6,9,12,16-19,22,29,31,41H,3-4,7-8,10-11,13-15,20-21,23-24H2,1-2H3/t34-;31-/m00/s1. The quantitative estimate of drug-likeness (QED) is 0.0974. The number of fused-ring (bicyclic) bond motifs is 2. The molecule has 4 saturated heterocycles. The van der Waals surface area contributed by atoms with Crippen LogP contribution in [-0.4, -0.2) is 144 Å². The molecule has 16 rings (SSSR count). The first-order valence-corrected chi connectivity index (χ1v) is 36.4. The van der Waals surface area contributed by atoms with E-state index in [1.807, 2.05) is 90.3 Å². The van der Waals surface area contributed by atoms with E-state index in [-0.39, 0.29) is 52.0 Å². The number of aryl methyl sites for hydroxylation is 4. The molecule has 4 aliphatic heterocycles. The maximum Gasteiger partial charge on any atom is 0.410 e. The summed E-state index contributed by atoms with van der Waals surface area (Å²) >= 11 is 0. The van der Waals surface area contributed by atoms with Crippen molar-refractivity contribution in [1.82, 2.24) is 49.1 Å². The number of carbonyl (C=O) groups excluding carboxylic acids is 1. The molecule has 0 radical (unpaired) electrons. The van der Waals surface area contributed by atoms with Gasteiger partial charge in [-0.15, -0.1) is 0 Å². The fraction of sp³-hybridized carbons (Fsp3) is 0.506. The Morgan fingerprint density at radius 1 is 0.566 bits per heavy atom. The summed E-state index contributed by atoms with van der Waals surface area (Å²) < 4.78 is 42.5. The van der Waals surface area contributed by atoms with Crippen LogP contribution in [-0.2, 0) is 30.9 Å². The van der Waals surface area contributed by atoms with Crippen LogP contribution in [0.5, 0.6) is 0 Å². The molecule has 4 saturated carbocycles. The second kappa shape index (κ2) is 27.0. The molecule has 10 heterocycles. The van der Waals surface area contributed by atoms with E-state index in [2.05, 4.69) is 125 Å². The minimum Gasteiger partial charge on any atom is -0.444 e. The number of anilines is 4. The number of piperazine rings is 2. The van der Waals surface area contributed by atoms with Gasteiger partial charge in [0.1, 0.15) is 17.2 Å². The van der Waals surface area contributed by atoms with E-state index in [1.54, 1.807) is 0 Å². The second-order valence-electron chi connectivity index (χ2n) is 31.0. The van der Waals surface area contributed by atoms with Gasteiger partial charge in [0, 0.05) is 191 Å². The monoisotopic (exact) mass is 1340 g/mol. The van der Waals surface area contributed by atoms with E-state index < -0.39 is 11.4 Å². The fourth-order valence-corrected chi connectivity index (χ4v) is 16.1. The van der Waals surface area contributed by atoms with Crippen molar-refractivity contribution in [2.45, 2.75) is 193 Å². The molecule has 2 atom stereocenters. The molecule has 1 amide bonds. The largest absolute Gasteiger partial charge is 0.444 e. The van der Waals surface area contributed by atoms with Crippen LogP contribution < -0.4 is 35.8 Å². The number of halogens is 2. The van der Waals surface area contributed by atoms with Crippen LogP contribution in [0.3, 0.4) is 0 Å².